The van der Waals surface area contributed by atoms with E-state index in [1.807, 2.05) is 20.8 Å². The molecule has 0 bridgehead atoms. The summed E-state index contributed by atoms with van der Waals surface area (Å²) in [6.07, 6.45) is 2.19. The van der Waals surface area contributed by atoms with Gasteiger partial charge in [-0.3, -0.25) is 12.5 Å². The molecule has 0 aromatic heterocycles. The highest BCUT2D eigenvalue weighted by molar-refractivity contribution is 8.21. The van der Waals surface area contributed by atoms with Crippen molar-refractivity contribution in [3.63, 3.8) is 0 Å². The van der Waals surface area contributed by atoms with E-state index in [1.165, 1.54) is 0 Å². The van der Waals surface area contributed by atoms with Gasteiger partial charge in [0.2, 0.25) is 0 Å². The predicted octanol–water partition coefficient (Wildman–Crippen LogP) is 2.62. The minimum atomic E-state index is -1.88. The maximum atomic E-state index is 10.3. The van der Waals surface area contributed by atoms with Crippen LogP contribution in [0.25, 0.3) is 0 Å². The molecule has 0 aliphatic carbocycles. The van der Waals surface area contributed by atoms with Crippen molar-refractivity contribution in [3.8, 4) is 0 Å². The molecule has 4 nitrogen and oxygen atoms in total. The van der Waals surface area contributed by atoms with Crippen molar-refractivity contribution in [2.75, 3.05) is 25.6 Å². The predicted molar refractivity (Wildman–Crippen MR) is 62.6 cm³/mol. The van der Waals surface area contributed by atoms with Crippen LogP contribution >= 0.6 is 10.9 Å². The summed E-state index contributed by atoms with van der Waals surface area (Å²) in [6, 6.07) is 0. The van der Waals surface area contributed by atoms with Crippen LogP contribution in [0.3, 0.4) is 0 Å². The van der Waals surface area contributed by atoms with E-state index in [-0.39, 0.29) is 0 Å². The largest absolute Gasteiger partial charge is 0.303 e. The van der Waals surface area contributed by atoms with Gasteiger partial charge in [0.15, 0.2) is 0 Å². The van der Waals surface area contributed by atoms with Gasteiger partial charge in [0, 0.05) is 12.2 Å². The molecule has 0 fully saturated rings. The van der Waals surface area contributed by atoms with Gasteiger partial charge in [0.05, 0.1) is 30.7 Å². The lowest BCUT2D eigenvalue weighted by molar-refractivity contribution is -0.107. The van der Waals surface area contributed by atoms with E-state index in [1.54, 1.807) is 0 Å². The smallest absolute Gasteiger partial charge is 0.120 e. The molecular weight excluding hydrogens is 216 g/mol. The first-order chi connectivity index (χ1) is 7.24. The zero-order valence-corrected chi connectivity index (χ0v) is 10.7. The summed E-state index contributed by atoms with van der Waals surface area (Å²) in [5.74, 6) is 0.668. The van der Waals surface area contributed by atoms with Crippen LogP contribution in [0.1, 0.15) is 33.6 Å². The Morgan fingerprint density at radius 2 is 1.47 bits per heavy atom. The van der Waals surface area contributed by atoms with Crippen molar-refractivity contribution in [2.45, 2.75) is 33.6 Å². The lowest BCUT2D eigenvalue weighted by Gasteiger charge is -2.36. The third-order valence-electron chi connectivity index (χ3n) is 1.61. The molecule has 92 valence electrons. The lowest BCUT2D eigenvalue weighted by atomic mass is 10.4. The van der Waals surface area contributed by atoms with Crippen LogP contribution in [-0.2, 0) is 17.3 Å². The van der Waals surface area contributed by atoms with Gasteiger partial charge >= 0.3 is 0 Å². The standard InChI is InChI=1S/C10H22O4S/c1-4-12-15(13-5-2,14-6-3)10-8-7-9-11/h9H,4-8,10H2,1-3H3. The van der Waals surface area contributed by atoms with Gasteiger partial charge < -0.3 is 4.79 Å². The highest BCUT2D eigenvalue weighted by Crippen LogP contribution is 2.51. The highest BCUT2D eigenvalue weighted by atomic mass is 32.3. The van der Waals surface area contributed by atoms with Crippen molar-refractivity contribution < 1.29 is 17.3 Å². The molecule has 0 rings (SSSR count). The van der Waals surface area contributed by atoms with Crippen molar-refractivity contribution in [1.82, 2.24) is 0 Å². The second-order valence-corrected chi connectivity index (χ2v) is 5.02. The highest BCUT2D eigenvalue weighted by Gasteiger charge is 2.25. The quantitative estimate of drug-likeness (QED) is 0.433. The third-order valence-corrected chi connectivity index (χ3v) is 4.18. The molecule has 0 unspecified atom stereocenters. The van der Waals surface area contributed by atoms with Gasteiger partial charge in [-0.2, -0.15) is 0 Å². The van der Waals surface area contributed by atoms with Crippen LogP contribution in [0.4, 0.5) is 0 Å². The molecule has 0 heterocycles. The Morgan fingerprint density at radius 1 is 1.00 bits per heavy atom. The number of carbonyl (C=O) groups excluding carboxylic acids is 1. The maximum absolute atomic E-state index is 10.3. The van der Waals surface area contributed by atoms with Crippen LogP contribution in [-0.4, -0.2) is 31.9 Å². The monoisotopic (exact) mass is 238 g/mol. The van der Waals surface area contributed by atoms with Crippen molar-refractivity contribution in [2.24, 2.45) is 0 Å². The molecule has 15 heavy (non-hydrogen) atoms. The van der Waals surface area contributed by atoms with Gasteiger partial charge in [0.1, 0.15) is 6.29 Å². The molecule has 0 aromatic rings. The second-order valence-electron chi connectivity index (χ2n) is 2.79. The summed E-state index contributed by atoms with van der Waals surface area (Å²) in [6.45, 7) is 7.45. The molecule has 0 amide bonds. The molecule has 0 aliphatic rings. The first kappa shape index (κ1) is 14.9. The molecule has 0 atom stereocenters. The average Bonchev–Trinajstić information content (AvgIpc) is 2.19. The Bertz CT molecular complexity index is 146. The van der Waals surface area contributed by atoms with Crippen LogP contribution < -0.4 is 0 Å². The zero-order valence-electron chi connectivity index (χ0n) is 9.86. The fourth-order valence-corrected chi connectivity index (χ4v) is 3.32. The molecule has 0 saturated heterocycles. The van der Waals surface area contributed by atoms with Gasteiger partial charge in [-0.05, 0) is 27.2 Å². The molecule has 0 radical (unpaired) electrons. The first-order valence-corrected chi connectivity index (χ1v) is 7.00. The Balaban J connectivity index is 4.24. The molecule has 0 saturated carbocycles. The summed E-state index contributed by atoms with van der Waals surface area (Å²) in [4.78, 5) is 10.3. The van der Waals surface area contributed by atoms with E-state index in [4.69, 9.17) is 12.5 Å². The Morgan fingerprint density at radius 3 is 1.80 bits per heavy atom. The van der Waals surface area contributed by atoms with E-state index in [9.17, 15) is 4.79 Å². The Labute approximate surface area is 94.2 Å². The number of hydrogen-bond acceptors (Lipinski definition) is 4. The van der Waals surface area contributed by atoms with Crippen LogP contribution in [0.2, 0.25) is 0 Å². The van der Waals surface area contributed by atoms with Crippen LogP contribution in [0.15, 0.2) is 0 Å². The molecular formula is C10H22O4S. The summed E-state index contributed by atoms with van der Waals surface area (Å²) in [5.41, 5.74) is 0. The van der Waals surface area contributed by atoms with E-state index in [0.29, 0.717) is 32.0 Å². The van der Waals surface area contributed by atoms with E-state index in [2.05, 4.69) is 0 Å². The summed E-state index contributed by atoms with van der Waals surface area (Å²) in [7, 11) is -1.88. The third kappa shape index (κ3) is 6.14. The van der Waals surface area contributed by atoms with Gasteiger partial charge in [-0.15, -0.1) is 0 Å². The Kier molecular flexibility index (Phi) is 9.09. The van der Waals surface area contributed by atoms with Crippen molar-refractivity contribution in [1.29, 1.82) is 0 Å². The number of carbonyl (C=O) groups is 1. The van der Waals surface area contributed by atoms with E-state index in [0.717, 1.165) is 12.7 Å². The number of unbranched alkanes of at least 4 members (excludes halogenated alkanes) is 1. The normalized spacial score (nSPS) is 12.7. The van der Waals surface area contributed by atoms with Crippen molar-refractivity contribution in [3.05, 3.63) is 0 Å². The Hall–Kier alpha value is -0.100. The summed E-state index contributed by atoms with van der Waals surface area (Å²) >= 11 is 0. The van der Waals surface area contributed by atoms with Crippen LogP contribution in [0.5, 0.6) is 0 Å². The minimum Gasteiger partial charge on any atom is -0.303 e. The van der Waals surface area contributed by atoms with E-state index >= 15 is 0 Å². The molecule has 5 heteroatoms. The number of hydrogen-bond donors (Lipinski definition) is 0. The minimum absolute atomic E-state index is 0.530. The average molecular weight is 238 g/mol. The lowest BCUT2D eigenvalue weighted by Crippen LogP contribution is -2.16. The zero-order chi connectivity index (χ0) is 11.6. The van der Waals surface area contributed by atoms with Gasteiger partial charge in [-0.25, -0.2) is 0 Å². The molecule has 0 N–H and O–H groups in total. The van der Waals surface area contributed by atoms with Crippen LogP contribution in [0, 0.1) is 0 Å². The second kappa shape index (κ2) is 9.15. The summed E-state index contributed by atoms with van der Waals surface area (Å²) < 4.78 is 16.7. The summed E-state index contributed by atoms with van der Waals surface area (Å²) in [5, 5.41) is 0. The number of rotatable bonds is 10. The first-order valence-electron chi connectivity index (χ1n) is 5.42. The van der Waals surface area contributed by atoms with Crippen molar-refractivity contribution >= 4 is 17.2 Å². The van der Waals surface area contributed by atoms with Gasteiger partial charge in [-0.1, -0.05) is 0 Å². The molecule has 0 aliphatic heterocycles. The maximum Gasteiger partial charge on any atom is 0.120 e. The topological polar surface area (TPSA) is 44.8 Å². The van der Waals surface area contributed by atoms with Gasteiger partial charge in [0.25, 0.3) is 0 Å². The SMILES string of the molecule is CCOS(CCCC=O)(OCC)OCC. The molecule has 0 spiro atoms. The fourth-order valence-electron chi connectivity index (χ4n) is 1.16. The fraction of sp³-hybridized carbons (Fsp3) is 0.900. The number of aldehydes is 1. The molecule has 0 aromatic carbocycles. The van der Waals surface area contributed by atoms with E-state index < -0.39 is 10.9 Å².